The molecule has 0 radical (unpaired) electrons. The molecule has 0 spiro atoms. The van der Waals surface area contributed by atoms with Gasteiger partial charge in [0.2, 0.25) is 0 Å². The van der Waals surface area contributed by atoms with Crippen LogP contribution in [-0.4, -0.2) is 39.0 Å². The Hall–Kier alpha value is -0.650. The molecule has 2 N–H and O–H groups in total. The molecule has 100 valence electrons. The van der Waals surface area contributed by atoms with Crippen molar-refractivity contribution in [2.45, 2.75) is 49.8 Å². The fourth-order valence-electron chi connectivity index (χ4n) is 1.74. The summed E-state index contributed by atoms with van der Waals surface area (Å²) in [6.07, 6.45) is 7.07. The van der Waals surface area contributed by atoms with E-state index in [-0.39, 0.29) is 12.1 Å². The molecule has 1 aromatic heterocycles. The number of aliphatic hydroxyl groups is 1. The van der Waals surface area contributed by atoms with Crippen molar-refractivity contribution in [3.63, 3.8) is 0 Å². The van der Waals surface area contributed by atoms with Gasteiger partial charge in [-0.1, -0.05) is 11.8 Å². The van der Waals surface area contributed by atoms with Crippen LogP contribution in [0.5, 0.6) is 0 Å². The maximum atomic E-state index is 9.49. The summed E-state index contributed by atoms with van der Waals surface area (Å²) in [6.45, 7) is 4.25. The number of hydrogen-bond donors (Lipinski definition) is 2. The highest BCUT2D eigenvalue weighted by Gasteiger charge is 2.31. The first kappa shape index (κ1) is 13.8. The van der Waals surface area contributed by atoms with Gasteiger partial charge in [0.25, 0.3) is 0 Å². The predicted octanol–water partition coefficient (Wildman–Crippen LogP) is 1.77. The van der Waals surface area contributed by atoms with E-state index in [1.165, 1.54) is 12.8 Å². The van der Waals surface area contributed by atoms with Crippen LogP contribution in [0.15, 0.2) is 17.6 Å². The van der Waals surface area contributed by atoms with Crippen LogP contribution in [0, 0.1) is 6.92 Å². The predicted molar refractivity (Wildman–Crippen MR) is 73.8 cm³/mol. The maximum absolute atomic E-state index is 9.49. The lowest BCUT2D eigenvalue weighted by atomic mass is 10.0. The summed E-state index contributed by atoms with van der Waals surface area (Å²) in [4.78, 5) is 8.53. The third-order valence-corrected chi connectivity index (χ3v) is 4.00. The summed E-state index contributed by atoms with van der Waals surface area (Å²) in [6, 6.07) is 0.614. The summed E-state index contributed by atoms with van der Waals surface area (Å²) in [7, 11) is 0. The summed E-state index contributed by atoms with van der Waals surface area (Å²) in [5.41, 5.74) is 0.911. The molecule has 0 bridgehead atoms. The lowest BCUT2D eigenvalue weighted by Gasteiger charge is -2.28. The first-order chi connectivity index (χ1) is 8.61. The fourth-order valence-corrected chi connectivity index (χ4v) is 2.73. The van der Waals surface area contributed by atoms with Gasteiger partial charge in [-0.3, -0.25) is 0 Å². The Morgan fingerprint density at radius 1 is 1.44 bits per heavy atom. The standard InChI is InChI=1S/C13H21N3OS/c1-10-7-14-12(15-8-10)18-6-5-13(2,9-17)16-11-3-4-11/h7-8,11,16-17H,3-6,9H2,1-2H3. The van der Waals surface area contributed by atoms with Gasteiger partial charge in [-0.25, -0.2) is 9.97 Å². The highest BCUT2D eigenvalue weighted by molar-refractivity contribution is 7.99. The van der Waals surface area contributed by atoms with Gasteiger partial charge in [0.15, 0.2) is 5.16 Å². The lowest BCUT2D eigenvalue weighted by molar-refractivity contribution is 0.169. The van der Waals surface area contributed by atoms with Crippen molar-refractivity contribution in [3.05, 3.63) is 18.0 Å². The van der Waals surface area contributed by atoms with E-state index < -0.39 is 0 Å². The fraction of sp³-hybridized carbons (Fsp3) is 0.692. The van der Waals surface area contributed by atoms with Crippen molar-refractivity contribution in [1.82, 2.24) is 15.3 Å². The van der Waals surface area contributed by atoms with Gasteiger partial charge in [-0.05, 0) is 38.7 Å². The van der Waals surface area contributed by atoms with Crippen LogP contribution in [0.1, 0.15) is 31.7 Å². The van der Waals surface area contributed by atoms with Crippen molar-refractivity contribution in [2.75, 3.05) is 12.4 Å². The number of aromatic nitrogens is 2. The van der Waals surface area contributed by atoms with Crippen LogP contribution in [-0.2, 0) is 0 Å². The van der Waals surface area contributed by atoms with Gasteiger partial charge in [0.05, 0.1) is 6.61 Å². The molecule has 2 rings (SSSR count). The number of hydrogen-bond acceptors (Lipinski definition) is 5. The van der Waals surface area contributed by atoms with E-state index >= 15 is 0 Å². The van der Waals surface area contributed by atoms with E-state index in [0.29, 0.717) is 6.04 Å². The average molecular weight is 267 g/mol. The zero-order chi connectivity index (χ0) is 13.0. The third-order valence-electron chi connectivity index (χ3n) is 3.12. The quantitative estimate of drug-likeness (QED) is 0.582. The summed E-state index contributed by atoms with van der Waals surface area (Å²) in [5, 5.41) is 13.8. The van der Waals surface area contributed by atoms with Crippen molar-refractivity contribution in [2.24, 2.45) is 0 Å². The van der Waals surface area contributed by atoms with E-state index in [1.54, 1.807) is 11.8 Å². The second kappa shape index (κ2) is 5.99. The largest absolute Gasteiger partial charge is 0.394 e. The van der Waals surface area contributed by atoms with Gasteiger partial charge >= 0.3 is 0 Å². The van der Waals surface area contributed by atoms with Crippen molar-refractivity contribution in [1.29, 1.82) is 0 Å². The molecular formula is C13H21N3OS. The first-order valence-corrected chi connectivity index (χ1v) is 7.40. The normalized spacial score (nSPS) is 18.6. The van der Waals surface area contributed by atoms with Crippen molar-refractivity contribution < 1.29 is 5.11 Å². The number of rotatable bonds is 7. The molecule has 1 saturated carbocycles. The Morgan fingerprint density at radius 2 is 2.11 bits per heavy atom. The molecule has 4 nitrogen and oxygen atoms in total. The molecule has 1 fully saturated rings. The van der Waals surface area contributed by atoms with Crippen molar-refractivity contribution >= 4 is 11.8 Å². The average Bonchev–Trinajstić information content (AvgIpc) is 3.15. The van der Waals surface area contributed by atoms with Crippen LogP contribution in [0.3, 0.4) is 0 Å². The van der Waals surface area contributed by atoms with E-state index in [0.717, 1.165) is 22.9 Å². The molecule has 0 amide bonds. The monoisotopic (exact) mass is 267 g/mol. The van der Waals surface area contributed by atoms with E-state index in [1.807, 2.05) is 19.3 Å². The molecular weight excluding hydrogens is 246 g/mol. The van der Waals surface area contributed by atoms with Crippen LogP contribution in [0.2, 0.25) is 0 Å². The van der Waals surface area contributed by atoms with Crippen LogP contribution in [0.25, 0.3) is 0 Å². The molecule has 1 aliphatic rings. The SMILES string of the molecule is Cc1cnc(SCCC(C)(CO)NC2CC2)nc1. The van der Waals surface area contributed by atoms with Crippen LogP contribution < -0.4 is 5.32 Å². The van der Waals surface area contributed by atoms with Gasteiger partial charge in [-0.2, -0.15) is 0 Å². The third kappa shape index (κ3) is 4.23. The second-order valence-electron chi connectivity index (χ2n) is 5.28. The number of nitrogens with zero attached hydrogens (tertiary/aromatic N) is 2. The highest BCUT2D eigenvalue weighted by Crippen LogP contribution is 2.25. The zero-order valence-electron chi connectivity index (χ0n) is 11.0. The Morgan fingerprint density at radius 3 is 2.67 bits per heavy atom. The Balaban J connectivity index is 1.77. The highest BCUT2D eigenvalue weighted by atomic mass is 32.2. The Bertz CT molecular complexity index is 380. The molecule has 0 aliphatic heterocycles. The van der Waals surface area contributed by atoms with Gasteiger partial charge in [-0.15, -0.1) is 0 Å². The minimum Gasteiger partial charge on any atom is -0.394 e. The number of nitrogens with one attached hydrogen (secondary N) is 1. The molecule has 0 aromatic carbocycles. The van der Waals surface area contributed by atoms with Gasteiger partial charge < -0.3 is 10.4 Å². The van der Waals surface area contributed by atoms with E-state index in [4.69, 9.17) is 0 Å². The Labute approximate surface area is 113 Å². The molecule has 1 heterocycles. The smallest absolute Gasteiger partial charge is 0.187 e. The molecule has 18 heavy (non-hydrogen) atoms. The molecule has 1 atom stereocenters. The topological polar surface area (TPSA) is 58.0 Å². The number of aliphatic hydroxyl groups excluding tert-OH is 1. The second-order valence-corrected chi connectivity index (χ2v) is 6.34. The van der Waals surface area contributed by atoms with Crippen LogP contribution in [0.4, 0.5) is 0 Å². The van der Waals surface area contributed by atoms with Gasteiger partial charge in [0.1, 0.15) is 0 Å². The summed E-state index contributed by atoms with van der Waals surface area (Å²) in [5.74, 6) is 0.917. The first-order valence-electron chi connectivity index (χ1n) is 6.41. The van der Waals surface area contributed by atoms with E-state index in [2.05, 4.69) is 22.2 Å². The summed E-state index contributed by atoms with van der Waals surface area (Å²) < 4.78 is 0. The van der Waals surface area contributed by atoms with E-state index in [9.17, 15) is 5.11 Å². The minimum absolute atomic E-state index is 0.168. The summed E-state index contributed by atoms with van der Waals surface area (Å²) >= 11 is 1.65. The molecule has 1 unspecified atom stereocenters. The molecule has 0 saturated heterocycles. The number of thioether (sulfide) groups is 1. The van der Waals surface area contributed by atoms with Crippen molar-refractivity contribution in [3.8, 4) is 0 Å². The molecule has 1 aromatic rings. The molecule has 1 aliphatic carbocycles. The maximum Gasteiger partial charge on any atom is 0.187 e. The Kier molecular flexibility index (Phi) is 4.59. The lowest BCUT2D eigenvalue weighted by Crippen LogP contribution is -2.47. The zero-order valence-corrected chi connectivity index (χ0v) is 11.8. The van der Waals surface area contributed by atoms with Gasteiger partial charge in [0, 0.05) is 29.7 Å². The molecule has 5 heteroatoms. The van der Waals surface area contributed by atoms with Crippen LogP contribution >= 0.6 is 11.8 Å². The number of aryl methyl sites for hydroxylation is 1. The minimum atomic E-state index is -0.168.